The smallest absolute Gasteiger partial charge is 0.357 e. The van der Waals surface area contributed by atoms with Crippen molar-refractivity contribution < 1.29 is 14.3 Å². The first kappa shape index (κ1) is 9.12. The number of nitrogens with zero attached hydrogens (tertiary/aromatic N) is 1. The SMILES string of the molecule is Cc1cnc(C(=O)O)c(F)c1Br. The van der Waals surface area contributed by atoms with E-state index in [1.54, 1.807) is 6.92 Å². The van der Waals surface area contributed by atoms with Gasteiger partial charge in [-0.2, -0.15) is 0 Å². The number of pyridine rings is 1. The third-order valence-corrected chi connectivity index (χ3v) is 2.31. The molecule has 0 aliphatic heterocycles. The lowest BCUT2D eigenvalue weighted by atomic mass is 10.2. The molecule has 1 aromatic rings. The van der Waals surface area contributed by atoms with Crippen LogP contribution in [0.25, 0.3) is 0 Å². The highest BCUT2D eigenvalue weighted by molar-refractivity contribution is 9.10. The highest BCUT2D eigenvalue weighted by Crippen LogP contribution is 2.20. The Morgan fingerprint density at radius 2 is 2.33 bits per heavy atom. The summed E-state index contributed by atoms with van der Waals surface area (Å²) >= 11 is 2.92. The van der Waals surface area contributed by atoms with E-state index in [1.165, 1.54) is 6.20 Å². The molecule has 0 radical (unpaired) electrons. The van der Waals surface area contributed by atoms with Gasteiger partial charge in [-0.1, -0.05) is 0 Å². The van der Waals surface area contributed by atoms with E-state index in [0.717, 1.165) is 0 Å². The third kappa shape index (κ3) is 1.45. The first-order valence-corrected chi connectivity index (χ1v) is 3.87. The van der Waals surface area contributed by atoms with Crippen LogP contribution >= 0.6 is 15.9 Å². The third-order valence-electron chi connectivity index (χ3n) is 1.34. The number of halogens is 2. The molecule has 0 fully saturated rings. The van der Waals surface area contributed by atoms with Crippen molar-refractivity contribution in [3.05, 3.63) is 27.7 Å². The van der Waals surface area contributed by atoms with Gasteiger partial charge in [0, 0.05) is 6.20 Å². The summed E-state index contributed by atoms with van der Waals surface area (Å²) in [5.74, 6) is -2.20. The minimum absolute atomic E-state index is 0.148. The minimum atomic E-state index is -1.37. The summed E-state index contributed by atoms with van der Waals surface area (Å²) < 4.78 is 13.2. The number of rotatable bonds is 1. The van der Waals surface area contributed by atoms with E-state index < -0.39 is 17.5 Å². The highest BCUT2D eigenvalue weighted by Gasteiger charge is 2.15. The molecular weight excluding hydrogens is 229 g/mol. The molecule has 1 aromatic heterocycles. The van der Waals surface area contributed by atoms with Gasteiger partial charge >= 0.3 is 5.97 Å². The maximum Gasteiger partial charge on any atom is 0.357 e. The Labute approximate surface area is 76.4 Å². The molecule has 5 heteroatoms. The Balaban J connectivity index is 3.36. The monoisotopic (exact) mass is 233 g/mol. The molecule has 0 unspecified atom stereocenters. The molecule has 0 bridgehead atoms. The van der Waals surface area contributed by atoms with Crippen LogP contribution in [-0.2, 0) is 0 Å². The summed E-state index contributed by atoms with van der Waals surface area (Å²) in [4.78, 5) is 13.8. The van der Waals surface area contributed by atoms with Crippen molar-refractivity contribution in [1.82, 2.24) is 4.98 Å². The summed E-state index contributed by atoms with van der Waals surface area (Å²) in [6.07, 6.45) is 1.30. The molecule has 0 saturated heterocycles. The van der Waals surface area contributed by atoms with E-state index in [-0.39, 0.29) is 4.47 Å². The van der Waals surface area contributed by atoms with Crippen LogP contribution in [0.2, 0.25) is 0 Å². The molecule has 0 saturated carbocycles. The van der Waals surface area contributed by atoms with Gasteiger partial charge in [0.15, 0.2) is 11.5 Å². The Kier molecular flexibility index (Phi) is 2.42. The van der Waals surface area contributed by atoms with Crippen LogP contribution in [0.1, 0.15) is 16.1 Å². The number of carboxylic acids is 1. The zero-order valence-electron chi connectivity index (χ0n) is 6.14. The van der Waals surface area contributed by atoms with E-state index >= 15 is 0 Å². The van der Waals surface area contributed by atoms with Gasteiger partial charge in [0.25, 0.3) is 0 Å². The van der Waals surface area contributed by atoms with Crippen molar-refractivity contribution in [2.75, 3.05) is 0 Å². The average Bonchev–Trinajstić information content (AvgIpc) is 2.00. The van der Waals surface area contributed by atoms with Crippen molar-refractivity contribution in [2.24, 2.45) is 0 Å². The summed E-state index contributed by atoms with van der Waals surface area (Å²) in [5, 5.41) is 8.46. The number of hydrogen-bond acceptors (Lipinski definition) is 2. The van der Waals surface area contributed by atoms with Crippen LogP contribution in [0.3, 0.4) is 0 Å². The first-order valence-electron chi connectivity index (χ1n) is 3.08. The average molecular weight is 234 g/mol. The van der Waals surface area contributed by atoms with Crippen molar-refractivity contribution >= 4 is 21.9 Å². The van der Waals surface area contributed by atoms with Crippen molar-refractivity contribution in [3.8, 4) is 0 Å². The Morgan fingerprint density at radius 3 is 2.83 bits per heavy atom. The van der Waals surface area contributed by atoms with Crippen LogP contribution in [0.5, 0.6) is 0 Å². The zero-order chi connectivity index (χ0) is 9.30. The molecule has 0 atom stereocenters. The molecular formula is C7H5BrFNO2. The summed E-state index contributed by atoms with van der Waals surface area (Å²) in [6.45, 7) is 1.63. The van der Waals surface area contributed by atoms with Gasteiger partial charge in [-0.05, 0) is 28.4 Å². The van der Waals surface area contributed by atoms with Crippen molar-refractivity contribution in [2.45, 2.75) is 6.92 Å². The second-order valence-electron chi connectivity index (χ2n) is 2.22. The summed E-state index contributed by atoms with van der Waals surface area (Å²) in [7, 11) is 0. The molecule has 0 spiro atoms. The zero-order valence-corrected chi connectivity index (χ0v) is 7.72. The number of hydrogen-bond donors (Lipinski definition) is 1. The Bertz CT molecular complexity index is 340. The van der Waals surface area contributed by atoms with Gasteiger partial charge < -0.3 is 5.11 Å². The summed E-state index contributed by atoms with van der Waals surface area (Å²) in [5.41, 5.74) is 0.00461. The van der Waals surface area contributed by atoms with Gasteiger partial charge in [-0.25, -0.2) is 14.2 Å². The number of aromatic carboxylic acids is 1. The number of aryl methyl sites for hydroxylation is 1. The highest BCUT2D eigenvalue weighted by atomic mass is 79.9. The fraction of sp³-hybridized carbons (Fsp3) is 0.143. The van der Waals surface area contributed by atoms with Crippen LogP contribution in [-0.4, -0.2) is 16.1 Å². The lowest BCUT2D eigenvalue weighted by molar-refractivity contribution is 0.0684. The molecule has 3 nitrogen and oxygen atoms in total. The second kappa shape index (κ2) is 3.18. The number of carbonyl (C=O) groups is 1. The standard InChI is InChI=1S/C7H5BrFNO2/c1-3-2-10-6(7(11)12)5(9)4(3)8/h2H,1H3,(H,11,12). The maximum absolute atomic E-state index is 13.0. The number of carboxylic acid groups (broad SMARTS) is 1. The maximum atomic E-state index is 13.0. The molecule has 1 rings (SSSR count). The fourth-order valence-corrected chi connectivity index (χ4v) is 0.991. The fourth-order valence-electron chi connectivity index (χ4n) is 0.701. The summed E-state index contributed by atoms with van der Waals surface area (Å²) in [6, 6.07) is 0. The Morgan fingerprint density at radius 1 is 1.75 bits per heavy atom. The number of aromatic nitrogens is 1. The van der Waals surface area contributed by atoms with Gasteiger partial charge in [0.2, 0.25) is 0 Å². The normalized spacial score (nSPS) is 9.92. The predicted octanol–water partition coefficient (Wildman–Crippen LogP) is 1.99. The van der Waals surface area contributed by atoms with E-state index in [2.05, 4.69) is 20.9 Å². The van der Waals surface area contributed by atoms with E-state index in [4.69, 9.17) is 5.11 Å². The molecule has 1 heterocycles. The van der Waals surface area contributed by atoms with Crippen LogP contribution in [0, 0.1) is 12.7 Å². The van der Waals surface area contributed by atoms with Crippen LogP contribution in [0.15, 0.2) is 10.7 Å². The van der Waals surface area contributed by atoms with Crippen LogP contribution in [0.4, 0.5) is 4.39 Å². The van der Waals surface area contributed by atoms with Crippen molar-refractivity contribution in [3.63, 3.8) is 0 Å². The lowest BCUT2D eigenvalue weighted by Gasteiger charge is -2.00. The molecule has 0 amide bonds. The molecule has 0 aliphatic carbocycles. The van der Waals surface area contributed by atoms with E-state index in [9.17, 15) is 9.18 Å². The first-order chi connectivity index (χ1) is 5.54. The van der Waals surface area contributed by atoms with Gasteiger partial charge in [-0.15, -0.1) is 0 Å². The lowest BCUT2D eigenvalue weighted by Crippen LogP contribution is -2.05. The predicted molar refractivity (Wildman–Crippen MR) is 43.6 cm³/mol. The molecule has 12 heavy (non-hydrogen) atoms. The van der Waals surface area contributed by atoms with Crippen LogP contribution < -0.4 is 0 Å². The topological polar surface area (TPSA) is 50.2 Å². The molecule has 0 aromatic carbocycles. The second-order valence-corrected chi connectivity index (χ2v) is 3.02. The van der Waals surface area contributed by atoms with Gasteiger partial charge in [-0.3, -0.25) is 0 Å². The van der Waals surface area contributed by atoms with E-state index in [0.29, 0.717) is 5.56 Å². The molecule has 64 valence electrons. The molecule has 0 aliphatic rings. The van der Waals surface area contributed by atoms with E-state index in [1.807, 2.05) is 0 Å². The van der Waals surface area contributed by atoms with Crippen molar-refractivity contribution in [1.29, 1.82) is 0 Å². The molecule has 1 N–H and O–H groups in total. The quantitative estimate of drug-likeness (QED) is 0.808. The Hall–Kier alpha value is -0.970. The van der Waals surface area contributed by atoms with Gasteiger partial charge in [0.1, 0.15) is 0 Å². The largest absolute Gasteiger partial charge is 0.476 e. The van der Waals surface area contributed by atoms with Gasteiger partial charge in [0.05, 0.1) is 4.47 Å². The minimum Gasteiger partial charge on any atom is -0.476 e.